The number of benzene rings is 3. The van der Waals surface area contributed by atoms with E-state index in [1.807, 2.05) is 13.8 Å². The molecule has 4 N–H and O–H groups in total. The number of carboxylic acid groups (broad SMARTS) is 1. The van der Waals surface area contributed by atoms with E-state index in [4.69, 9.17) is 35.7 Å². The molecule has 5 rings (SSSR count). The number of hydrogen-bond acceptors (Lipinski definition) is 22. The van der Waals surface area contributed by atoms with E-state index < -0.39 is 81.6 Å². The topological polar surface area (TPSA) is 396 Å². The zero-order chi connectivity index (χ0) is 55.7. The number of amides is 2. The first-order valence-electron chi connectivity index (χ1n) is 20.6. The molecule has 75 heavy (non-hydrogen) atoms. The number of hydrogen-bond donors (Lipinski definition) is 4. The van der Waals surface area contributed by atoms with Crippen molar-refractivity contribution in [3.8, 4) is 23.8 Å². The van der Waals surface area contributed by atoms with Gasteiger partial charge < -0.3 is 38.6 Å². The quantitative estimate of drug-likeness (QED) is 0.0314. The number of methoxy groups -OCH3 is 4. The first-order valence-corrected chi connectivity index (χ1v) is 25.8. The van der Waals surface area contributed by atoms with Crippen LogP contribution in [0.25, 0.3) is 0 Å². The normalized spacial score (nSPS) is 11.6. The second kappa shape index (κ2) is 28.7. The largest absolute Gasteiger partial charge is 1.00 e. The van der Waals surface area contributed by atoms with Crippen molar-refractivity contribution >= 4 is 77.6 Å². The summed E-state index contributed by atoms with van der Waals surface area (Å²) < 4.78 is 111. The first kappa shape index (κ1) is 64.2. The SMILES string of the molecule is CCCOc1nn(/C([O-])=N/S(=O)(=O)c2ccccc2C(=O)OC)c(=O)n1C.COC(=O)c1ccc(CNS(C)(=O)=O)cc1S(=O)(=O)NC(=O)Nc1nc(OC)nc(OC)n1.Cc1cc(Cl)ccc1O[C@H](C)C(=O)O.[Na+]. The van der Waals surface area contributed by atoms with Crippen LogP contribution in [0, 0.1) is 6.92 Å². The van der Waals surface area contributed by atoms with E-state index in [1.165, 1.54) is 52.5 Å². The Bertz CT molecular complexity index is 3280. The Hall–Kier alpha value is -6.94. The van der Waals surface area contributed by atoms with Gasteiger partial charge in [-0.05, 0) is 73.9 Å². The predicted molar refractivity (Wildman–Crippen MR) is 257 cm³/mol. The van der Waals surface area contributed by atoms with Crippen molar-refractivity contribution in [2.45, 2.75) is 49.6 Å². The van der Waals surface area contributed by atoms with Gasteiger partial charge in [0.15, 0.2) is 6.10 Å². The Morgan fingerprint density at radius 1 is 0.867 bits per heavy atom. The number of rotatable bonds is 18. The third-order valence-corrected chi connectivity index (χ3v) is 12.4. The number of aliphatic carboxylic acids is 1. The fourth-order valence-electron chi connectivity index (χ4n) is 5.28. The molecule has 0 saturated carbocycles. The van der Waals surface area contributed by atoms with Crippen molar-refractivity contribution in [1.29, 1.82) is 0 Å². The number of aromatic nitrogens is 6. The molecule has 0 bridgehead atoms. The average Bonchev–Trinajstić information content (AvgIpc) is 3.64. The number of aryl methyl sites for hydroxylation is 1. The van der Waals surface area contributed by atoms with Gasteiger partial charge in [-0.15, -0.1) is 10.1 Å². The molecule has 1 atom stereocenters. The van der Waals surface area contributed by atoms with Crippen LogP contribution in [-0.2, 0) is 57.9 Å². The van der Waals surface area contributed by atoms with Crippen molar-refractivity contribution in [3.63, 3.8) is 0 Å². The number of nitrogens with zero attached hydrogens (tertiary/aromatic N) is 7. The summed E-state index contributed by atoms with van der Waals surface area (Å²) in [6.45, 7) is 5.12. The minimum absolute atomic E-state index is 0. The second-order valence-electron chi connectivity index (χ2n) is 14.3. The van der Waals surface area contributed by atoms with Crippen LogP contribution in [0.3, 0.4) is 0 Å². The Kier molecular flexibility index (Phi) is 24.5. The van der Waals surface area contributed by atoms with Crippen molar-refractivity contribution in [2.24, 2.45) is 11.4 Å². The number of carbonyl (C=O) groups excluding carboxylic acids is 3. The molecule has 402 valence electrons. The van der Waals surface area contributed by atoms with Gasteiger partial charge in [-0.1, -0.05) is 36.7 Å². The summed E-state index contributed by atoms with van der Waals surface area (Å²) in [6.07, 6.45) is 0.706. The van der Waals surface area contributed by atoms with Gasteiger partial charge in [0.2, 0.25) is 16.0 Å². The summed E-state index contributed by atoms with van der Waals surface area (Å²) in [7, 11) is -6.89. The van der Waals surface area contributed by atoms with Gasteiger partial charge in [-0.3, -0.25) is 5.32 Å². The van der Waals surface area contributed by atoms with E-state index in [-0.39, 0.29) is 88.1 Å². The maximum atomic E-state index is 12.9. The van der Waals surface area contributed by atoms with E-state index in [2.05, 4.69) is 44.0 Å². The van der Waals surface area contributed by atoms with Crippen LogP contribution in [-0.4, -0.2) is 137 Å². The molecule has 0 aliphatic heterocycles. The molecule has 3 aromatic carbocycles. The van der Waals surface area contributed by atoms with Crippen LogP contribution in [0.1, 0.15) is 52.1 Å². The zero-order valence-corrected chi connectivity index (χ0v) is 46.7. The van der Waals surface area contributed by atoms with E-state index in [0.29, 0.717) is 17.2 Å². The maximum Gasteiger partial charge on any atom is 1.00 e. The molecule has 2 aromatic heterocycles. The molecule has 0 fully saturated rings. The van der Waals surface area contributed by atoms with Gasteiger partial charge in [0.1, 0.15) is 21.6 Å². The number of esters is 2. The molecular weight excluding hydrogens is 1090 g/mol. The molecule has 0 unspecified atom stereocenters. The number of halogens is 1. The van der Waals surface area contributed by atoms with E-state index in [0.717, 1.165) is 48.8 Å². The average molecular weight is 1140 g/mol. The third-order valence-electron chi connectivity index (χ3n) is 8.81. The van der Waals surface area contributed by atoms with Gasteiger partial charge in [0.25, 0.3) is 20.0 Å². The number of urea groups is 1. The van der Waals surface area contributed by atoms with Crippen LogP contribution in [0.5, 0.6) is 23.8 Å². The molecule has 2 heterocycles. The number of sulfonamides is 3. The molecule has 0 saturated heterocycles. The van der Waals surface area contributed by atoms with Gasteiger partial charge in [0.05, 0.1) is 52.4 Å². The Balaban J connectivity index is 0.000000411. The molecule has 0 aliphatic carbocycles. The molecule has 2 amide bonds. The number of nitrogens with one attached hydrogen (secondary N) is 3. The number of carbonyl (C=O) groups is 4. The van der Waals surface area contributed by atoms with Crippen molar-refractivity contribution in [1.82, 2.24) is 38.7 Å². The summed E-state index contributed by atoms with van der Waals surface area (Å²) in [6, 6.07) is 10.3. The molecule has 34 heteroatoms. The monoisotopic (exact) mass is 1140 g/mol. The fourth-order valence-corrected chi connectivity index (χ4v) is 8.15. The Morgan fingerprint density at radius 3 is 1.99 bits per heavy atom. The summed E-state index contributed by atoms with van der Waals surface area (Å²) in [5, 5.41) is 27.2. The van der Waals surface area contributed by atoms with Crippen LogP contribution >= 0.6 is 11.6 Å². The van der Waals surface area contributed by atoms with Crippen molar-refractivity contribution < 1.29 is 113 Å². The minimum Gasteiger partial charge on any atom is -0.844 e. The van der Waals surface area contributed by atoms with E-state index >= 15 is 0 Å². The van der Waals surface area contributed by atoms with Gasteiger partial charge in [-0.2, -0.15) is 27.5 Å². The third kappa shape index (κ3) is 19.1. The smallest absolute Gasteiger partial charge is 0.844 e. The number of ether oxygens (including phenoxy) is 6. The Morgan fingerprint density at radius 2 is 1.45 bits per heavy atom. The summed E-state index contributed by atoms with van der Waals surface area (Å²) in [4.78, 5) is 68.7. The minimum atomic E-state index is -4.65. The molecule has 0 radical (unpaired) electrons. The number of carboxylic acids is 1. The van der Waals surface area contributed by atoms with Crippen molar-refractivity contribution in [2.75, 3.05) is 46.6 Å². The van der Waals surface area contributed by atoms with Crippen molar-refractivity contribution in [3.05, 3.63) is 98.4 Å². The molecular formula is C41H48ClN10NaO19S3. The maximum absolute atomic E-state index is 12.9. The summed E-state index contributed by atoms with van der Waals surface area (Å²) in [5.41, 5.74) is -0.584. The fraction of sp³-hybridized carbons (Fsp3) is 0.317. The molecule has 0 spiro atoms. The number of anilines is 1. The Labute approximate surface area is 456 Å². The van der Waals surface area contributed by atoms with Crippen LogP contribution in [0.15, 0.2) is 79.6 Å². The molecule has 29 nitrogen and oxygen atoms in total. The molecule has 5 aromatic rings. The first-order chi connectivity index (χ1) is 34.6. The second-order valence-corrected chi connectivity index (χ2v) is 19.8. The van der Waals surface area contributed by atoms with Crippen LogP contribution in [0.4, 0.5) is 10.7 Å². The summed E-state index contributed by atoms with van der Waals surface area (Å²) in [5.74, 6) is -2.73. The van der Waals surface area contributed by atoms with Crippen LogP contribution in [0.2, 0.25) is 5.02 Å². The summed E-state index contributed by atoms with van der Waals surface area (Å²) >= 11 is 5.74. The van der Waals surface area contributed by atoms with Gasteiger partial charge in [-0.25, -0.2) is 54.8 Å². The van der Waals surface area contributed by atoms with Gasteiger partial charge in [0, 0.05) is 18.6 Å². The van der Waals surface area contributed by atoms with E-state index in [1.54, 1.807) is 22.9 Å². The standard InChI is InChI=1S/C16H20N6O9S2.C15H18N4O7S.C10H11ClO3.Na/c1-29-12(23)10-6-5-9(8-17-32(4,25)26)7-11(10)33(27,28)22-14(24)18-13-19-15(30-2)21-16(20-13)31-3;1-4-9-26-14-16-19(15(22)18(14)2)13(21)17-27(23,24)11-8-6-5-7-10(11)12(20)25-3;1-6-5-8(11)3-4-9(6)14-7(2)10(12)13;/h5-7,17H,8H2,1-4H3,(H2,18,19,20,21,22,24);5-8H,4,9H2,1-3H3,(H,17,21);3-5,7H,1-2H3,(H,12,13);/q;;;+1/p-1/t;;7-;/m..1./s1. The van der Waals surface area contributed by atoms with E-state index in [9.17, 15) is 54.3 Å². The predicted octanol–water partition coefficient (Wildman–Crippen LogP) is -2.15. The van der Waals surface area contributed by atoms with Gasteiger partial charge >= 0.3 is 77.2 Å². The molecule has 0 aliphatic rings. The van der Waals surface area contributed by atoms with Crippen LogP contribution < -0.4 is 74.1 Å². The zero-order valence-electron chi connectivity index (χ0n) is 41.5.